The number of likely N-dealkylation sites (tertiary alicyclic amines) is 1. The van der Waals surface area contributed by atoms with E-state index in [1.54, 1.807) is 0 Å². The third-order valence-electron chi connectivity index (χ3n) is 4.82. The van der Waals surface area contributed by atoms with Gasteiger partial charge in [0.15, 0.2) is 0 Å². The highest BCUT2D eigenvalue weighted by Gasteiger charge is 2.48. The summed E-state index contributed by atoms with van der Waals surface area (Å²) < 4.78 is 0. The van der Waals surface area contributed by atoms with E-state index in [2.05, 4.69) is 18.7 Å². The van der Waals surface area contributed by atoms with Gasteiger partial charge in [-0.05, 0) is 24.2 Å². The molecule has 2 atom stereocenters. The van der Waals surface area contributed by atoms with E-state index in [4.69, 9.17) is 0 Å². The maximum atomic E-state index is 11.4. The summed E-state index contributed by atoms with van der Waals surface area (Å²) in [5.41, 5.74) is 0.486. The van der Waals surface area contributed by atoms with Crippen LogP contribution in [0.25, 0.3) is 0 Å². The van der Waals surface area contributed by atoms with Crippen LogP contribution in [0.2, 0.25) is 0 Å². The first-order valence-electron chi connectivity index (χ1n) is 7.05. The van der Waals surface area contributed by atoms with Crippen LogP contribution < -0.4 is 0 Å². The van der Waals surface area contributed by atoms with Crippen molar-refractivity contribution in [1.29, 1.82) is 0 Å². The van der Waals surface area contributed by atoms with Gasteiger partial charge in [-0.1, -0.05) is 39.5 Å². The molecule has 3 heteroatoms. The number of hydrogen-bond donors (Lipinski definition) is 1. The molecule has 1 aliphatic heterocycles. The number of rotatable bonds is 4. The molecule has 0 radical (unpaired) electrons. The average molecular weight is 239 g/mol. The van der Waals surface area contributed by atoms with E-state index in [1.165, 1.54) is 32.1 Å². The molecule has 0 bridgehead atoms. The van der Waals surface area contributed by atoms with Crippen molar-refractivity contribution < 1.29 is 9.90 Å². The molecule has 98 valence electrons. The summed E-state index contributed by atoms with van der Waals surface area (Å²) in [6.07, 6.45) is 7.63. The Kier molecular flexibility index (Phi) is 3.76. The Morgan fingerprint density at radius 1 is 1.29 bits per heavy atom. The second-order valence-electron chi connectivity index (χ2n) is 6.13. The van der Waals surface area contributed by atoms with Gasteiger partial charge >= 0.3 is 5.97 Å². The van der Waals surface area contributed by atoms with Crippen molar-refractivity contribution in [3.8, 4) is 0 Å². The maximum absolute atomic E-state index is 11.4. The lowest BCUT2D eigenvalue weighted by Gasteiger charge is -2.55. The Morgan fingerprint density at radius 2 is 1.88 bits per heavy atom. The predicted molar refractivity (Wildman–Crippen MR) is 68.0 cm³/mol. The van der Waals surface area contributed by atoms with Gasteiger partial charge in [0.05, 0.1) is 0 Å². The number of hydrogen-bond acceptors (Lipinski definition) is 2. The molecule has 0 amide bonds. The van der Waals surface area contributed by atoms with Crippen LogP contribution in [0.15, 0.2) is 0 Å². The van der Waals surface area contributed by atoms with Crippen LogP contribution in [0.5, 0.6) is 0 Å². The van der Waals surface area contributed by atoms with E-state index in [0.29, 0.717) is 5.41 Å². The third kappa shape index (κ3) is 2.49. The zero-order valence-corrected chi connectivity index (χ0v) is 11.1. The van der Waals surface area contributed by atoms with Crippen molar-refractivity contribution >= 4 is 5.97 Å². The van der Waals surface area contributed by atoms with Crippen LogP contribution in [0.4, 0.5) is 0 Å². The molecule has 1 saturated heterocycles. The molecular formula is C14H25NO2. The fourth-order valence-corrected chi connectivity index (χ4v) is 3.61. The van der Waals surface area contributed by atoms with Gasteiger partial charge in [-0.25, -0.2) is 0 Å². The lowest BCUT2D eigenvalue weighted by atomic mass is 9.67. The summed E-state index contributed by atoms with van der Waals surface area (Å²) in [5, 5.41) is 9.36. The first kappa shape index (κ1) is 12.9. The van der Waals surface area contributed by atoms with Crippen molar-refractivity contribution in [3.63, 3.8) is 0 Å². The molecule has 1 spiro atoms. The maximum Gasteiger partial charge on any atom is 0.321 e. The molecule has 17 heavy (non-hydrogen) atoms. The molecule has 2 aliphatic rings. The molecule has 2 fully saturated rings. The van der Waals surface area contributed by atoms with Crippen LogP contribution in [0.3, 0.4) is 0 Å². The smallest absolute Gasteiger partial charge is 0.321 e. The van der Waals surface area contributed by atoms with E-state index in [1.807, 2.05) is 0 Å². The summed E-state index contributed by atoms with van der Waals surface area (Å²) in [4.78, 5) is 13.6. The first-order chi connectivity index (χ1) is 8.08. The van der Waals surface area contributed by atoms with Crippen molar-refractivity contribution in [2.24, 2.45) is 11.3 Å². The molecular weight excluding hydrogens is 214 g/mol. The Hall–Kier alpha value is -0.570. The Bertz CT molecular complexity index is 276. The van der Waals surface area contributed by atoms with Crippen molar-refractivity contribution in [1.82, 2.24) is 4.90 Å². The van der Waals surface area contributed by atoms with Crippen molar-refractivity contribution in [2.75, 3.05) is 13.1 Å². The van der Waals surface area contributed by atoms with Gasteiger partial charge < -0.3 is 5.11 Å². The van der Waals surface area contributed by atoms with Gasteiger partial charge in [-0.3, -0.25) is 9.69 Å². The monoisotopic (exact) mass is 239 g/mol. The van der Waals surface area contributed by atoms with Gasteiger partial charge in [-0.15, -0.1) is 0 Å². The first-order valence-corrected chi connectivity index (χ1v) is 7.05. The SMILES string of the molecule is CCC(C)C(C(=O)O)N1CC2(CCCCC2)C1. The fraction of sp³-hybridized carbons (Fsp3) is 0.929. The van der Waals surface area contributed by atoms with E-state index in [-0.39, 0.29) is 12.0 Å². The van der Waals surface area contributed by atoms with Gasteiger partial charge in [0.25, 0.3) is 0 Å². The van der Waals surface area contributed by atoms with Gasteiger partial charge in [0, 0.05) is 13.1 Å². The molecule has 0 aromatic heterocycles. The lowest BCUT2D eigenvalue weighted by molar-refractivity contribution is -0.154. The standard InChI is InChI=1S/C14H25NO2/c1-3-11(2)12(13(16)17)15-9-14(10-15)7-5-4-6-8-14/h11-12H,3-10H2,1-2H3,(H,16,17). The zero-order chi connectivity index (χ0) is 12.5. The zero-order valence-electron chi connectivity index (χ0n) is 11.1. The van der Waals surface area contributed by atoms with Crippen LogP contribution in [-0.4, -0.2) is 35.1 Å². The van der Waals surface area contributed by atoms with E-state index in [9.17, 15) is 9.90 Å². The molecule has 0 aromatic rings. The minimum atomic E-state index is -0.634. The number of carboxylic acids is 1. The summed E-state index contributed by atoms with van der Waals surface area (Å²) in [5.74, 6) is -0.376. The van der Waals surface area contributed by atoms with E-state index in [0.717, 1.165) is 19.5 Å². The van der Waals surface area contributed by atoms with E-state index < -0.39 is 5.97 Å². The molecule has 1 aliphatic carbocycles. The number of carbonyl (C=O) groups is 1. The highest BCUT2D eigenvalue weighted by Crippen LogP contribution is 2.45. The average Bonchev–Trinajstić information content (AvgIpc) is 2.27. The molecule has 3 nitrogen and oxygen atoms in total. The minimum absolute atomic E-state index is 0.257. The quantitative estimate of drug-likeness (QED) is 0.820. The second-order valence-corrected chi connectivity index (χ2v) is 6.13. The highest BCUT2D eigenvalue weighted by molar-refractivity contribution is 5.74. The molecule has 1 heterocycles. The van der Waals surface area contributed by atoms with Gasteiger partial charge in [0.2, 0.25) is 0 Å². The Labute approximate surface area is 104 Å². The summed E-state index contributed by atoms with van der Waals surface area (Å²) >= 11 is 0. The number of nitrogens with zero attached hydrogens (tertiary/aromatic N) is 1. The molecule has 2 unspecified atom stereocenters. The third-order valence-corrected chi connectivity index (χ3v) is 4.82. The van der Waals surface area contributed by atoms with Crippen LogP contribution in [0.1, 0.15) is 52.4 Å². The van der Waals surface area contributed by atoms with E-state index >= 15 is 0 Å². The summed E-state index contributed by atoms with van der Waals surface area (Å²) in [7, 11) is 0. The minimum Gasteiger partial charge on any atom is -0.480 e. The number of carboxylic acid groups (broad SMARTS) is 1. The summed E-state index contributed by atoms with van der Waals surface area (Å²) in [6.45, 7) is 6.18. The van der Waals surface area contributed by atoms with Gasteiger partial charge in [-0.2, -0.15) is 0 Å². The van der Waals surface area contributed by atoms with Crippen molar-refractivity contribution in [3.05, 3.63) is 0 Å². The molecule has 0 aromatic carbocycles. The highest BCUT2D eigenvalue weighted by atomic mass is 16.4. The second kappa shape index (κ2) is 4.97. The largest absolute Gasteiger partial charge is 0.480 e. The van der Waals surface area contributed by atoms with Crippen LogP contribution >= 0.6 is 0 Å². The predicted octanol–water partition coefficient (Wildman–Crippen LogP) is 2.75. The normalized spacial score (nSPS) is 27.4. The Morgan fingerprint density at radius 3 is 2.35 bits per heavy atom. The van der Waals surface area contributed by atoms with Gasteiger partial charge in [0.1, 0.15) is 6.04 Å². The number of aliphatic carboxylic acids is 1. The molecule has 1 N–H and O–H groups in total. The molecule has 2 rings (SSSR count). The fourth-order valence-electron chi connectivity index (χ4n) is 3.61. The lowest BCUT2D eigenvalue weighted by Crippen LogP contribution is -2.63. The van der Waals surface area contributed by atoms with Crippen molar-refractivity contribution in [2.45, 2.75) is 58.4 Å². The topological polar surface area (TPSA) is 40.5 Å². The molecule has 1 saturated carbocycles. The van der Waals surface area contributed by atoms with Crippen LogP contribution in [0, 0.1) is 11.3 Å². The van der Waals surface area contributed by atoms with Crippen LogP contribution in [-0.2, 0) is 4.79 Å². The summed E-state index contributed by atoms with van der Waals surface area (Å²) in [6, 6.07) is -0.257. The Balaban J connectivity index is 1.93.